The Morgan fingerprint density at radius 3 is 1.92 bits per heavy atom. The molecule has 11 heteroatoms. The van der Waals surface area contributed by atoms with Crippen molar-refractivity contribution in [1.29, 1.82) is 5.26 Å². The molecule has 0 fully saturated rings. The fourth-order valence-corrected chi connectivity index (χ4v) is 4.35. The molecule has 0 bridgehead atoms. The van der Waals surface area contributed by atoms with Gasteiger partial charge in [0.2, 0.25) is 0 Å². The molecule has 0 radical (unpaired) electrons. The first-order chi connectivity index (χ1) is 11.8. The average Bonchev–Trinajstić information content (AvgIpc) is 2.68. The molecule has 2 rings (SSSR count). The number of nitriles is 1. The highest BCUT2D eigenvalue weighted by Crippen LogP contribution is 2.47. The topological polar surface area (TPSA) is 28.7 Å². The molecule has 0 unspecified atom stereocenters. The van der Waals surface area contributed by atoms with Gasteiger partial charge in [0.25, 0.3) is 0 Å². The Labute approximate surface area is 170 Å². The molecule has 0 saturated heterocycles. The van der Waals surface area contributed by atoms with E-state index in [9.17, 15) is 22.8 Å². The third kappa shape index (κ3) is 4.20. The Balaban J connectivity index is 2.77. The van der Waals surface area contributed by atoms with Crippen molar-refractivity contribution in [3.8, 4) is 11.8 Å². The summed E-state index contributed by atoms with van der Waals surface area (Å²) in [4.78, 5) is 0.129. The summed E-state index contributed by atoms with van der Waals surface area (Å²) >= 11 is 23.2. The predicted molar refractivity (Wildman–Crippen MR) is 96.4 cm³/mol. The maximum Gasteiger partial charge on any atom is 0.416 e. The van der Waals surface area contributed by atoms with Crippen molar-refractivity contribution >= 4 is 58.2 Å². The van der Waals surface area contributed by atoms with Gasteiger partial charge in [0.15, 0.2) is 0 Å². The van der Waals surface area contributed by atoms with Crippen LogP contribution in [0, 0.1) is 25.2 Å². The number of benzene rings is 1. The van der Waals surface area contributed by atoms with Crippen molar-refractivity contribution in [3.05, 3.63) is 44.7 Å². The van der Waals surface area contributed by atoms with Gasteiger partial charge in [-0.1, -0.05) is 46.4 Å². The van der Waals surface area contributed by atoms with Crippen molar-refractivity contribution in [1.82, 2.24) is 4.57 Å². The van der Waals surface area contributed by atoms with Crippen molar-refractivity contribution in [2.24, 2.45) is 0 Å². The van der Waals surface area contributed by atoms with Crippen LogP contribution in [0.25, 0.3) is 5.69 Å². The number of hydrogen-bond donors (Lipinski definition) is 0. The van der Waals surface area contributed by atoms with E-state index in [4.69, 9.17) is 46.4 Å². The molecule has 26 heavy (non-hydrogen) atoms. The van der Waals surface area contributed by atoms with Gasteiger partial charge in [-0.05, 0) is 37.7 Å². The molecule has 140 valence electrons. The molecule has 0 spiro atoms. The molecule has 1 aromatic heterocycles. The minimum absolute atomic E-state index is 0.0355. The van der Waals surface area contributed by atoms with Crippen LogP contribution in [0.4, 0.5) is 17.6 Å². The van der Waals surface area contributed by atoms with Gasteiger partial charge in [0.1, 0.15) is 6.07 Å². The molecule has 0 aliphatic heterocycles. The van der Waals surface area contributed by atoms with Gasteiger partial charge >= 0.3 is 10.1 Å². The standard InChI is InChI=1S/C15H8Cl4F4N2S/c1-6-9(5-24)13(26-15(18,19)23)7(2)25(6)12-10(16)3-8(4-11(12)17)14(20,21)22/h3-4H,1-2H3. The zero-order valence-electron chi connectivity index (χ0n) is 13.0. The lowest BCUT2D eigenvalue weighted by atomic mass is 10.2. The van der Waals surface area contributed by atoms with E-state index in [2.05, 4.69) is 0 Å². The molecule has 0 aliphatic rings. The SMILES string of the molecule is Cc1c(C#N)c(SC(F)(Cl)Cl)c(C)n1-c1c(Cl)cc(C(F)(F)F)cc1Cl. The molecule has 0 aliphatic carbocycles. The predicted octanol–water partition coefficient (Wildman–Crippen LogP) is 7.44. The largest absolute Gasteiger partial charge is 0.416 e. The molecule has 1 heterocycles. The van der Waals surface area contributed by atoms with Crippen LogP contribution >= 0.6 is 58.2 Å². The molecule has 0 atom stereocenters. The zero-order chi connectivity index (χ0) is 20.0. The molecular weight excluding hydrogens is 458 g/mol. The smallest absolute Gasteiger partial charge is 0.313 e. The summed E-state index contributed by atoms with van der Waals surface area (Å²) < 4.78 is 51.0. The highest BCUT2D eigenvalue weighted by atomic mass is 35.5. The lowest BCUT2D eigenvalue weighted by Crippen LogP contribution is -2.08. The maximum absolute atomic E-state index is 13.7. The summed E-state index contributed by atoms with van der Waals surface area (Å²) in [6.45, 7) is 3.03. The number of nitrogens with zero attached hydrogens (tertiary/aromatic N) is 2. The maximum atomic E-state index is 13.7. The minimum atomic E-state index is -4.63. The van der Waals surface area contributed by atoms with E-state index in [-0.39, 0.29) is 26.2 Å². The zero-order valence-corrected chi connectivity index (χ0v) is 16.8. The van der Waals surface area contributed by atoms with E-state index in [1.165, 1.54) is 18.4 Å². The lowest BCUT2D eigenvalue weighted by molar-refractivity contribution is -0.137. The van der Waals surface area contributed by atoms with Crippen LogP contribution in [0.3, 0.4) is 0 Å². The third-order valence-corrected chi connectivity index (χ3v) is 5.46. The summed E-state index contributed by atoms with van der Waals surface area (Å²) in [6.07, 6.45) is -4.63. The van der Waals surface area contributed by atoms with Gasteiger partial charge in [0.05, 0.1) is 31.8 Å². The number of aromatic nitrogens is 1. The first kappa shape index (κ1) is 21.5. The summed E-state index contributed by atoms with van der Waals surface area (Å²) in [6, 6.07) is 3.35. The molecular formula is C15H8Cl4F4N2S. The van der Waals surface area contributed by atoms with Crippen LogP contribution in [0.15, 0.2) is 17.0 Å². The van der Waals surface area contributed by atoms with Gasteiger partial charge in [-0.25, -0.2) is 0 Å². The molecule has 0 saturated carbocycles. The molecule has 0 N–H and O–H groups in total. The highest BCUT2D eigenvalue weighted by Gasteiger charge is 2.34. The number of halogens is 8. The summed E-state index contributed by atoms with van der Waals surface area (Å²) in [5.74, 6) is 0. The van der Waals surface area contributed by atoms with E-state index in [0.717, 1.165) is 12.1 Å². The Morgan fingerprint density at radius 1 is 1.04 bits per heavy atom. The van der Waals surface area contributed by atoms with Gasteiger partial charge < -0.3 is 4.57 Å². The molecule has 2 nitrogen and oxygen atoms in total. The van der Waals surface area contributed by atoms with Crippen molar-refractivity contribution in [3.63, 3.8) is 0 Å². The van der Waals surface area contributed by atoms with Gasteiger partial charge in [-0.15, -0.1) is 0 Å². The van der Waals surface area contributed by atoms with Crippen LogP contribution in [0.5, 0.6) is 0 Å². The second-order valence-corrected chi connectivity index (χ2v) is 8.83. The second-order valence-electron chi connectivity index (χ2n) is 5.16. The molecule has 1 aromatic carbocycles. The summed E-state index contributed by atoms with van der Waals surface area (Å²) in [5, 5.41) is 8.81. The summed E-state index contributed by atoms with van der Waals surface area (Å²) in [7, 11) is 0. The van der Waals surface area contributed by atoms with Crippen LogP contribution in [-0.2, 0) is 6.18 Å². The van der Waals surface area contributed by atoms with Crippen LogP contribution in [0.1, 0.15) is 22.5 Å². The van der Waals surface area contributed by atoms with Crippen molar-refractivity contribution < 1.29 is 17.6 Å². The normalized spacial score (nSPS) is 12.3. The molecule has 2 aromatic rings. The monoisotopic (exact) mass is 464 g/mol. The Hall–Kier alpha value is -0.780. The fraction of sp³-hybridized carbons (Fsp3) is 0.267. The van der Waals surface area contributed by atoms with E-state index in [1.807, 2.05) is 6.07 Å². The van der Waals surface area contributed by atoms with Crippen LogP contribution < -0.4 is 0 Å². The minimum Gasteiger partial charge on any atom is -0.313 e. The third-order valence-electron chi connectivity index (χ3n) is 3.49. The van der Waals surface area contributed by atoms with Gasteiger partial charge in [0, 0.05) is 11.4 Å². The lowest BCUT2D eigenvalue weighted by Gasteiger charge is -2.16. The Bertz CT molecular complexity index is 887. The number of thioether (sulfide) groups is 1. The Kier molecular flexibility index (Phi) is 6.06. The highest BCUT2D eigenvalue weighted by molar-refractivity contribution is 8.03. The van der Waals surface area contributed by atoms with E-state index in [1.54, 1.807) is 0 Å². The average molecular weight is 466 g/mol. The first-order valence-corrected chi connectivity index (χ1v) is 9.05. The fourth-order valence-electron chi connectivity index (χ4n) is 2.46. The first-order valence-electron chi connectivity index (χ1n) is 6.72. The molecule has 0 amide bonds. The van der Waals surface area contributed by atoms with E-state index >= 15 is 0 Å². The quantitative estimate of drug-likeness (QED) is 0.267. The van der Waals surface area contributed by atoms with E-state index < -0.39 is 15.7 Å². The van der Waals surface area contributed by atoms with Crippen LogP contribution in [0.2, 0.25) is 10.0 Å². The van der Waals surface area contributed by atoms with E-state index in [0.29, 0.717) is 23.1 Å². The second kappa shape index (κ2) is 7.33. The number of alkyl halides is 6. The van der Waals surface area contributed by atoms with Gasteiger partial charge in [-0.3, -0.25) is 0 Å². The summed E-state index contributed by atoms with van der Waals surface area (Å²) in [5.41, 5.74) is -0.321. The van der Waals surface area contributed by atoms with Crippen molar-refractivity contribution in [2.45, 2.75) is 28.8 Å². The number of hydrogen-bond acceptors (Lipinski definition) is 2. The number of rotatable bonds is 3. The van der Waals surface area contributed by atoms with Gasteiger partial charge in [-0.2, -0.15) is 22.8 Å². The Morgan fingerprint density at radius 2 is 1.54 bits per heavy atom. The van der Waals surface area contributed by atoms with Crippen LogP contribution in [-0.4, -0.2) is 8.49 Å². The van der Waals surface area contributed by atoms with Crippen molar-refractivity contribution in [2.75, 3.05) is 0 Å².